The van der Waals surface area contributed by atoms with Gasteiger partial charge in [-0.05, 0) is 30.7 Å². The molecule has 2 fully saturated rings. The molecule has 1 aliphatic heterocycles. The van der Waals surface area contributed by atoms with E-state index in [1.54, 1.807) is 6.07 Å². The van der Waals surface area contributed by atoms with Crippen LogP contribution in [0.15, 0.2) is 41.4 Å². The van der Waals surface area contributed by atoms with Crippen molar-refractivity contribution >= 4 is 21.5 Å². The van der Waals surface area contributed by atoms with Crippen LogP contribution in [0.1, 0.15) is 20.3 Å². The van der Waals surface area contributed by atoms with Crippen LogP contribution in [0.2, 0.25) is 0 Å². The van der Waals surface area contributed by atoms with Gasteiger partial charge in [0.25, 0.3) is 10.0 Å². The Kier molecular flexibility index (Phi) is 4.54. The first-order chi connectivity index (χ1) is 13.2. The van der Waals surface area contributed by atoms with Gasteiger partial charge >= 0.3 is 0 Å². The van der Waals surface area contributed by atoms with E-state index >= 15 is 0 Å². The van der Waals surface area contributed by atoms with Gasteiger partial charge in [0.15, 0.2) is 11.6 Å². The fraction of sp³-hybridized carbons (Fsp3) is 0.421. The number of nitrogens with zero attached hydrogens (tertiary/aromatic N) is 1. The number of rotatable bonds is 5. The van der Waals surface area contributed by atoms with Crippen LogP contribution in [0.3, 0.4) is 0 Å². The fourth-order valence-electron chi connectivity index (χ4n) is 4.17. The monoisotopic (exact) mass is 409 g/mol. The molecule has 2 heterocycles. The van der Waals surface area contributed by atoms with Gasteiger partial charge < -0.3 is 10.1 Å². The topological polar surface area (TPSA) is 80.3 Å². The highest BCUT2D eigenvalue weighted by Crippen LogP contribution is 2.53. The van der Waals surface area contributed by atoms with E-state index in [9.17, 15) is 17.2 Å². The number of benzene rings is 1. The van der Waals surface area contributed by atoms with Crippen molar-refractivity contribution in [3.63, 3.8) is 0 Å². The summed E-state index contributed by atoms with van der Waals surface area (Å²) in [6.07, 6.45) is 2.47. The lowest BCUT2D eigenvalue weighted by Crippen LogP contribution is -2.63. The van der Waals surface area contributed by atoms with Gasteiger partial charge in [0, 0.05) is 36.2 Å². The first-order valence-corrected chi connectivity index (χ1v) is 10.5. The highest BCUT2D eigenvalue weighted by molar-refractivity contribution is 7.92. The molecule has 6 nitrogen and oxygen atoms in total. The normalized spacial score (nSPS) is 25.6. The number of aromatic nitrogens is 1. The average molecular weight is 409 g/mol. The summed E-state index contributed by atoms with van der Waals surface area (Å²) >= 11 is 0. The summed E-state index contributed by atoms with van der Waals surface area (Å²) in [6, 6.07) is 6.02. The third-order valence-electron chi connectivity index (χ3n) is 5.62. The fourth-order valence-corrected chi connectivity index (χ4v) is 5.17. The quantitative estimate of drug-likeness (QED) is 0.791. The molecule has 2 aliphatic rings. The Hall–Kier alpha value is -2.26. The van der Waals surface area contributed by atoms with Crippen LogP contribution in [-0.2, 0) is 14.8 Å². The van der Waals surface area contributed by atoms with Gasteiger partial charge in [0.05, 0.1) is 11.8 Å². The molecule has 4 rings (SSSR count). The number of halogens is 2. The molecule has 3 unspecified atom stereocenters. The van der Waals surface area contributed by atoms with Gasteiger partial charge in [-0.3, -0.25) is 4.72 Å². The number of anilines is 2. The molecule has 1 saturated heterocycles. The van der Waals surface area contributed by atoms with Gasteiger partial charge in [-0.1, -0.05) is 13.8 Å². The molecule has 0 spiro atoms. The molecule has 0 radical (unpaired) electrons. The van der Waals surface area contributed by atoms with Crippen LogP contribution in [0.5, 0.6) is 0 Å². The Morgan fingerprint density at radius 1 is 1.18 bits per heavy atom. The largest absolute Gasteiger partial charge is 0.377 e. The summed E-state index contributed by atoms with van der Waals surface area (Å²) in [7, 11) is -3.97. The highest BCUT2D eigenvalue weighted by Gasteiger charge is 2.59. The zero-order valence-corrected chi connectivity index (χ0v) is 16.3. The number of hydrogen-bond acceptors (Lipinski definition) is 5. The average Bonchev–Trinajstić information content (AvgIpc) is 3.10. The summed E-state index contributed by atoms with van der Waals surface area (Å²) in [5, 5.41) is 3.38. The second-order valence-electron chi connectivity index (χ2n) is 7.80. The van der Waals surface area contributed by atoms with Crippen LogP contribution < -0.4 is 10.0 Å². The van der Waals surface area contributed by atoms with Crippen molar-refractivity contribution in [1.29, 1.82) is 0 Å². The van der Waals surface area contributed by atoms with Crippen molar-refractivity contribution in [2.24, 2.45) is 11.3 Å². The van der Waals surface area contributed by atoms with E-state index in [2.05, 4.69) is 28.9 Å². The van der Waals surface area contributed by atoms with E-state index in [0.717, 1.165) is 31.2 Å². The van der Waals surface area contributed by atoms with Crippen LogP contribution in [0.25, 0.3) is 0 Å². The van der Waals surface area contributed by atoms with Gasteiger partial charge in [-0.2, -0.15) is 0 Å². The van der Waals surface area contributed by atoms with Crippen LogP contribution in [0, 0.1) is 23.0 Å². The molecule has 28 heavy (non-hydrogen) atoms. The van der Waals surface area contributed by atoms with Crippen molar-refractivity contribution in [2.45, 2.75) is 37.3 Å². The SMILES string of the molecule is CC1(C)C(Nc2ccc(S(=O)(=O)Nc3ccc(F)c(F)c3)cn2)C2CCOC21. The van der Waals surface area contributed by atoms with E-state index in [-0.39, 0.29) is 28.1 Å². The zero-order chi connectivity index (χ0) is 20.1. The van der Waals surface area contributed by atoms with Gasteiger partial charge in [0.2, 0.25) is 0 Å². The van der Waals surface area contributed by atoms with Gasteiger partial charge in [-0.15, -0.1) is 0 Å². The van der Waals surface area contributed by atoms with Crippen molar-refractivity contribution < 1.29 is 21.9 Å². The molecule has 1 aromatic carbocycles. The molecule has 2 aromatic rings. The number of hydrogen-bond donors (Lipinski definition) is 2. The molecule has 1 aromatic heterocycles. The maximum Gasteiger partial charge on any atom is 0.263 e. The van der Waals surface area contributed by atoms with Crippen LogP contribution in [-0.4, -0.2) is 32.2 Å². The lowest BCUT2D eigenvalue weighted by molar-refractivity contribution is -0.0924. The van der Waals surface area contributed by atoms with Crippen LogP contribution >= 0.6 is 0 Å². The number of pyridine rings is 1. The van der Waals surface area contributed by atoms with Gasteiger partial charge in [-0.25, -0.2) is 22.2 Å². The zero-order valence-electron chi connectivity index (χ0n) is 15.4. The Labute approximate surface area is 162 Å². The minimum absolute atomic E-state index is 0.0260. The molecule has 3 atom stereocenters. The summed E-state index contributed by atoms with van der Waals surface area (Å²) in [5.74, 6) is -1.17. The van der Waals surface area contributed by atoms with Crippen LogP contribution in [0.4, 0.5) is 20.3 Å². The molecular formula is C19H21F2N3O3S. The molecule has 9 heteroatoms. The van der Waals surface area contributed by atoms with Crippen molar-refractivity contribution in [2.75, 3.05) is 16.6 Å². The Bertz CT molecular complexity index is 996. The lowest BCUT2D eigenvalue weighted by Gasteiger charge is -2.54. The number of nitrogens with one attached hydrogen (secondary N) is 2. The van der Waals surface area contributed by atoms with E-state index in [4.69, 9.17) is 4.74 Å². The maximum absolute atomic E-state index is 13.3. The second kappa shape index (κ2) is 6.66. The molecule has 0 amide bonds. The summed E-state index contributed by atoms with van der Waals surface area (Å²) in [6.45, 7) is 5.04. The predicted octanol–water partition coefficient (Wildman–Crippen LogP) is 3.39. The van der Waals surface area contributed by atoms with Crippen molar-refractivity contribution in [1.82, 2.24) is 4.98 Å². The third kappa shape index (κ3) is 3.22. The molecule has 1 saturated carbocycles. The molecule has 0 bridgehead atoms. The highest BCUT2D eigenvalue weighted by atomic mass is 32.2. The molecule has 2 N–H and O–H groups in total. The summed E-state index contributed by atoms with van der Waals surface area (Å²) in [4.78, 5) is 4.14. The second-order valence-corrected chi connectivity index (χ2v) is 9.48. The molecule has 150 valence electrons. The van der Waals surface area contributed by atoms with Crippen molar-refractivity contribution in [3.05, 3.63) is 48.2 Å². The van der Waals surface area contributed by atoms with Crippen molar-refractivity contribution in [3.8, 4) is 0 Å². The first kappa shape index (κ1) is 19.1. The predicted molar refractivity (Wildman–Crippen MR) is 100 cm³/mol. The molecular weight excluding hydrogens is 388 g/mol. The Morgan fingerprint density at radius 3 is 2.64 bits per heavy atom. The smallest absolute Gasteiger partial charge is 0.263 e. The third-order valence-corrected chi connectivity index (χ3v) is 6.99. The summed E-state index contributed by atoms with van der Waals surface area (Å²) < 4.78 is 59.2. The van der Waals surface area contributed by atoms with E-state index in [0.29, 0.717) is 11.7 Å². The number of fused-ring (bicyclic) bond motifs is 1. The number of sulfonamides is 1. The summed E-state index contributed by atoms with van der Waals surface area (Å²) in [5.41, 5.74) is -0.0912. The first-order valence-electron chi connectivity index (χ1n) is 9.00. The van der Waals surface area contributed by atoms with E-state index < -0.39 is 21.7 Å². The minimum Gasteiger partial charge on any atom is -0.377 e. The van der Waals surface area contributed by atoms with E-state index in [1.807, 2.05) is 0 Å². The Morgan fingerprint density at radius 2 is 1.96 bits per heavy atom. The number of ether oxygens (including phenoxy) is 1. The van der Waals surface area contributed by atoms with Gasteiger partial charge in [0.1, 0.15) is 10.7 Å². The minimum atomic E-state index is -3.97. The molecule has 1 aliphatic carbocycles. The lowest BCUT2D eigenvalue weighted by atomic mass is 9.57. The Balaban J connectivity index is 1.47. The standard InChI is InChI=1S/C19H21F2N3O3S/c1-19(2)17(13-7-8-27-18(13)19)23-16-6-4-12(10-22-16)28(25,26)24-11-3-5-14(20)15(21)9-11/h3-6,9-10,13,17-18,24H,7-8H2,1-2H3,(H,22,23). The maximum atomic E-state index is 13.3. The van der Waals surface area contributed by atoms with E-state index in [1.165, 1.54) is 12.3 Å².